The van der Waals surface area contributed by atoms with Crippen LogP contribution in [0.4, 0.5) is 17.3 Å². The fourth-order valence-corrected chi connectivity index (χ4v) is 3.29. The van der Waals surface area contributed by atoms with E-state index in [4.69, 9.17) is 0 Å². The highest BCUT2D eigenvalue weighted by Crippen LogP contribution is 2.34. The van der Waals surface area contributed by atoms with Crippen LogP contribution < -0.4 is 10.2 Å². The van der Waals surface area contributed by atoms with Gasteiger partial charge >= 0.3 is 5.69 Å². The van der Waals surface area contributed by atoms with E-state index in [1.165, 1.54) is 6.33 Å². The van der Waals surface area contributed by atoms with Crippen LogP contribution in [0.2, 0.25) is 0 Å². The lowest BCUT2D eigenvalue weighted by atomic mass is 10.3. The Morgan fingerprint density at radius 2 is 2.42 bits per heavy atom. The minimum atomic E-state index is -0.413. The number of thioether (sulfide) groups is 1. The predicted octanol–water partition coefficient (Wildman–Crippen LogP) is 1.76. The molecule has 0 spiro atoms. The summed E-state index contributed by atoms with van der Waals surface area (Å²) >= 11 is 1.92. The zero-order chi connectivity index (χ0) is 13.8. The summed E-state index contributed by atoms with van der Waals surface area (Å²) in [5.41, 5.74) is -0.0354. The topological polar surface area (TPSA) is 84.2 Å². The standard InChI is InChI=1S/C11H17N5O2S/c1-3-8-6-15(4-5-19-8)11-9(16(17)18)10(12-2)13-7-14-11/h7-8H,3-6H2,1-2H3,(H,12,13,14). The van der Waals surface area contributed by atoms with Gasteiger partial charge in [-0.1, -0.05) is 6.92 Å². The molecule has 7 nitrogen and oxygen atoms in total. The van der Waals surface area contributed by atoms with E-state index in [0.717, 1.165) is 25.3 Å². The van der Waals surface area contributed by atoms with Crippen molar-refractivity contribution in [3.8, 4) is 0 Å². The maximum Gasteiger partial charge on any atom is 0.353 e. The first-order valence-electron chi connectivity index (χ1n) is 6.21. The lowest BCUT2D eigenvalue weighted by Crippen LogP contribution is -2.38. The van der Waals surface area contributed by atoms with Gasteiger partial charge < -0.3 is 10.2 Å². The minimum absolute atomic E-state index is 0.0354. The van der Waals surface area contributed by atoms with Gasteiger partial charge in [0.05, 0.1) is 4.92 Å². The van der Waals surface area contributed by atoms with Crippen LogP contribution in [0.3, 0.4) is 0 Å². The summed E-state index contributed by atoms with van der Waals surface area (Å²) in [4.78, 5) is 20.9. The number of hydrogen-bond acceptors (Lipinski definition) is 7. The van der Waals surface area contributed by atoms with Gasteiger partial charge in [-0.25, -0.2) is 9.97 Å². The third-order valence-electron chi connectivity index (χ3n) is 3.12. The van der Waals surface area contributed by atoms with Gasteiger partial charge in [0.1, 0.15) is 6.33 Å². The molecule has 0 bridgehead atoms. The van der Waals surface area contributed by atoms with E-state index < -0.39 is 4.92 Å². The second kappa shape index (κ2) is 6.05. The summed E-state index contributed by atoms with van der Waals surface area (Å²) in [5.74, 6) is 1.65. The van der Waals surface area contributed by atoms with Crippen LogP contribution in [0.5, 0.6) is 0 Å². The van der Waals surface area contributed by atoms with Gasteiger partial charge in [0.2, 0.25) is 11.6 Å². The van der Waals surface area contributed by atoms with Crippen molar-refractivity contribution in [2.75, 3.05) is 36.1 Å². The Balaban J connectivity index is 2.35. The van der Waals surface area contributed by atoms with Crippen LogP contribution in [0.25, 0.3) is 0 Å². The van der Waals surface area contributed by atoms with Crippen molar-refractivity contribution >= 4 is 29.1 Å². The molecule has 1 fully saturated rings. The number of anilines is 2. The van der Waals surface area contributed by atoms with E-state index in [1.807, 2.05) is 16.7 Å². The Bertz CT molecular complexity index is 470. The van der Waals surface area contributed by atoms with Crippen molar-refractivity contribution in [2.45, 2.75) is 18.6 Å². The van der Waals surface area contributed by atoms with E-state index in [9.17, 15) is 10.1 Å². The Labute approximate surface area is 116 Å². The number of hydrogen-bond donors (Lipinski definition) is 1. The van der Waals surface area contributed by atoms with E-state index in [2.05, 4.69) is 22.2 Å². The summed E-state index contributed by atoms with van der Waals surface area (Å²) in [6.07, 6.45) is 2.43. The maximum absolute atomic E-state index is 11.2. The zero-order valence-electron chi connectivity index (χ0n) is 11.0. The maximum atomic E-state index is 11.2. The van der Waals surface area contributed by atoms with E-state index in [1.54, 1.807) is 7.05 Å². The molecule has 1 aromatic rings. The van der Waals surface area contributed by atoms with Crippen molar-refractivity contribution in [1.29, 1.82) is 0 Å². The van der Waals surface area contributed by atoms with Crippen molar-refractivity contribution < 1.29 is 4.92 Å². The fraction of sp³-hybridized carbons (Fsp3) is 0.636. The molecule has 0 saturated carbocycles. The van der Waals surface area contributed by atoms with Crippen LogP contribution in [0.1, 0.15) is 13.3 Å². The van der Waals surface area contributed by atoms with Gasteiger partial charge in [0.25, 0.3) is 0 Å². The van der Waals surface area contributed by atoms with Crippen LogP contribution in [0.15, 0.2) is 6.33 Å². The largest absolute Gasteiger partial charge is 0.367 e. The lowest BCUT2D eigenvalue weighted by molar-refractivity contribution is -0.383. The first-order chi connectivity index (χ1) is 9.17. The predicted molar refractivity (Wildman–Crippen MR) is 77.0 cm³/mol. The molecule has 1 aliphatic rings. The van der Waals surface area contributed by atoms with Crippen LogP contribution in [-0.2, 0) is 0 Å². The van der Waals surface area contributed by atoms with Crippen molar-refractivity contribution in [1.82, 2.24) is 9.97 Å². The quantitative estimate of drug-likeness (QED) is 0.665. The monoisotopic (exact) mass is 283 g/mol. The van der Waals surface area contributed by atoms with Gasteiger partial charge in [0.15, 0.2) is 0 Å². The van der Waals surface area contributed by atoms with Crippen LogP contribution in [0, 0.1) is 10.1 Å². The minimum Gasteiger partial charge on any atom is -0.367 e. The summed E-state index contributed by atoms with van der Waals surface area (Å²) in [6, 6.07) is 0. The van der Waals surface area contributed by atoms with Gasteiger partial charge in [-0.3, -0.25) is 10.1 Å². The number of rotatable bonds is 4. The molecule has 1 aliphatic heterocycles. The van der Waals surface area contributed by atoms with Crippen molar-refractivity contribution in [2.24, 2.45) is 0 Å². The molecule has 1 saturated heterocycles. The molecule has 2 rings (SSSR count). The highest BCUT2D eigenvalue weighted by Gasteiger charge is 2.29. The molecule has 0 aliphatic carbocycles. The van der Waals surface area contributed by atoms with E-state index >= 15 is 0 Å². The number of nitrogens with zero attached hydrogens (tertiary/aromatic N) is 4. The van der Waals surface area contributed by atoms with E-state index in [-0.39, 0.29) is 11.5 Å². The summed E-state index contributed by atoms with van der Waals surface area (Å²) in [5, 5.41) is 14.5. The first kappa shape index (κ1) is 13.9. The molecule has 1 N–H and O–H groups in total. The molecule has 8 heteroatoms. The van der Waals surface area contributed by atoms with Gasteiger partial charge in [0, 0.05) is 31.1 Å². The smallest absolute Gasteiger partial charge is 0.353 e. The molecule has 1 unspecified atom stereocenters. The molecule has 19 heavy (non-hydrogen) atoms. The second-order valence-electron chi connectivity index (χ2n) is 4.25. The van der Waals surface area contributed by atoms with E-state index in [0.29, 0.717) is 11.1 Å². The average Bonchev–Trinajstić information content (AvgIpc) is 2.46. The van der Waals surface area contributed by atoms with Crippen molar-refractivity contribution in [3.05, 3.63) is 16.4 Å². The normalized spacial score (nSPS) is 19.3. The molecular weight excluding hydrogens is 266 g/mol. The molecule has 1 atom stereocenters. The van der Waals surface area contributed by atoms with Gasteiger partial charge in [-0.15, -0.1) is 0 Å². The Kier molecular flexibility index (Phi) is 4.41. The van der Waals surface area contributed by atoms with Crippen molar-refractivity contribution in [3.63, 3.8) is 0 Å². The molecule has 0 radical (unpaired) electrons. The molecule has 2 heterocycles. The molecule has 1 aromatic heterocycles. The third kappa shape index (κ3) is 2.89. The Morgan fingerprint density at radius 1 is 1.63 bits per heavy atom. The summed E-state index contributed by atoms with van der Waals surface area (Å²) < 4.78 is 0. The van der Waals surface area contributed by atoms with Crippen LogP contribution in [-0.4, -0.2) is 46.0 Å². The summed E-state index contributed by atoms with van der Waals surface area (Å²) in [6.45, 7) is 3.71. The number of aromatic nitrogens is 2. The average molecular weight is 283 g/mol. The Morgan fingerprint density at radius 3 is 3.05 bits per heavy atom. The second-order valence-corrected chi connectivity index (χ2v) is 5.66. The number of nitro groups is 1. The fourth-order valence-electron chi connectivity index (χ4n) is 2.11. The zero-order valence-corrected chi connectivity index (χ0v) is 11.8. The first-order valence-corrected chi connectivity index (χ1v) is 7.26. The Hall–Kier alpha value is -1.57. The highest BCUT2D eigenvalue weighted by molar-refractivity contribution is 8.00. The van der Waals surface area contributed by atoms with Crippen LogP contribution >= 0.6 is 11.8 Å². The number of nitrogens with one attached hydrogen (secondary N) is 1. The third-order valence-corrected chi connectivity index (χ3v) is 4.49. The van der Waals surface area contributed by atoms with Gasteiger partial charge in [-0.05, 0) is 6.42 Å². The molecular formula is C11H17N5O2S. The molecule has 0 aromatic carbocycles. The highest BCUT2D eigenvalue weighted by atomic mass is 32.2. The lowest BCUT2D eigenvalue weighted by Gasteiger charge is -2.32. The van der Waals surface area contributed by atoms with Gasteiger partial charge in [-0.2, -0.15) is 11.8 Å². The SMILES string of the molecule is CCC1CN(c2ncnc(NC)c2[N+](=O)[O-])CCS1. The molecule has 104 valence electrons. The molecule has 0 amide bonds. The summed E-state index contributed by atoms with van der Waals surface area (Å²) in [7, 11) is 1.63.